The second-order valence-corrected chi connectivity index (χ2v) is 7.93. The highest BCUT2D eigenvalue weighted by molar-refractivity contribution is 6.17. The molecule has 0 atom stereocenters. The summed E-state index contributed by atoms with van der Waals surface area (Å²) in [6.07, 6.45) is 1.98. The molecule has 6 nitrogen and oxygen atoms in total. The maximum Gasteiger partial charge on any atom is 0.339 e. The number of hydrogen-bond donors (Lipinski definition) is 2. The van der Waals surface area contributed by atoms with E-state index in [4.69, 9.17) is 4.74 Å². The second-order valence-electron chi connectivity index (χ2n) is 7.93. The lowest BCUT2D eigenvalue weighted by Gasteiger charge is -2.17. The number of fused-ring (bicyclic) bond motifs is 3. The molecule has 0 bridgehead atoms. The molecule has 1 amide bonds. The number of benzene rings is 3. The first-order chi connectivity index (χ1) is 16.0. The molecule has 0 radical (unpaired) electrons. The quantitative estimate of drug-likeness (QED) is 0.471. The molecule has 5 rings (SSSR count). The number of H-pyrrole nitrogens is 1. The number of carboxylic acids is 1. The molecule has 0 unspecified atom stereocenters. The lowest BCUT2D eigenvalue weighted by atomic mass is 9.99. The largest absolute Gasteiger partial charge is 0.497 e. The van der Waals surface area contributed by atoms with Gasteiger partial charge in [-0.1, -0.05) is 36.4 Å². The monoisotopic (exact) mass is 438 g/mol. The predicted octanol–water partition coefficient (Wildman–Crippen LogP) is 4.97. The summed E-state index contributed by atoms with van der Waals surface area (Å²) < 4.78 is 5.25. The van der Waals surface area contributed by atoms with Gasteiger partial charge in [0.25, 0.3) is 5.91 Å². The average molecular weight is 438 g/mol. The van der Waals surface area contributed by atoms with Crippen LogP contribution in [0.25, 0.3) is 27.6 Å². The van der Waals surface area contributed by atoms with E-state index in [1.54, 1.807) is 31.4 Å². The highest BCUT2D eigenvalue weighted by Crippen LogP contribution is 2.34. The summed E-state index contributed by atoms with van der Waals surface area (Å²) in [6, 6.07) is 22.8. The maximum atomic E-state index is 13.0. The number of aliphatic carboxylic acids is 1. The summed E-state index contributed by atoms with van der Waals surface area (Å²) in [4.78, 5) is 29.9. The number of methoxy groups -OCH3 is 1. The van der Waals surface area contributed by atoms with Gasteiger partial charge in [-0.3, -0.25) is 4.79 Å². The first-order valence-corrected chi connectivity index (χ1v) is 10.7. The van der Waals surface area contributed by atoms with Gasteiger partial charge in [0.15, 0.2) is 0 Å². The van der Waals surface area contributed by atoms with Crippen molar-refractivity contribution < 1.29 is 19.4 Å². The van der Waals surface area contributed by atoms with Gasteiger partial charge in [0.05, 0.1) is 18.4 Å². The van der Waals surface area contributed by atoms with Gasteiger partial charge >= 0.3 is 5.97 Å². The molecule has 4 aromatic rings. The van der Waals surface area contributed by atoms with Crippen LogP contribution in [0.1, 0.15) is 21.6 Å². The van der Waals surface area contributed by atoms with Crippen molar-refractivity contribution in [1.29, 1.82) is 0 Å². The standard InChI is InChI=1S/C27H22N2O4/c1-33-20-10-7-17(8-11-20)19-9-12-24-22(15-19)21-13-14-29(16-23(27(31)32)25(21)28-24)26(30)18-5-3-2-4-6-18/h2-12,15-16,28H,13-14H2,1H3,(H,31,32). The molecule has 1 aromatic heterocycles. The van der Waals surface area contributed by atoms with E-state index in [0.717, 1.165) is 33.3 Å². The van der Waals surface area contributed by atoms with Crippen LogP contribution in [0.15, 0.2) is 79.0 Å². The van der Waals surface area contributed by atoms with Crippen LogP contribution in [0.2, 0.25) is 0 Å². The van der Waals surface area contributed by atoms with Crippen molar-refractivity contribution in [3.05, 3.63) is 95.8 Å². The van der Waals surface area contributed by atoms with Crippen molar-refractivity contribution in [2.24, 2.45) is 0 Å². The van der Waals surface area contributed by atoms with E-state index >= 15 is 0 Å². The Hall–Kier alpha value is -4.32. The number of aromatic nitrogens is 1. The Morgan fingerprint density at radius 3 is 2.39 bits per heavy atom. The number of rotatable bonds is 4. The topological polar surface area (TPSA) is 82.6 Å². The summed E-state index contributed by atoms with van der Waals surface area (Å²) in [6.45, 7) is 0.386. The summed E-state index contributed by atoms with van der Waals surface area (Å²) in [5.41, 5.74) is 4.98. The number of carboxylic acid groups (broad SMARTS) is 1. The summed E-state index contributed by atoms with van der Waals surface area (Å²) >= 11 is 0. The number of carbonyl (C=O) groups excluding carboxylic acids is 1. The number of nitrogens with one attached hydrogen (secondary N) is 1. The number of hydrogen-bond acceptors (Lipinski definition) is 3. The molecule has 164 valence electrons. The first-order valence-electron chi connectivity index (χ1n) is 10.7. The molecule has 6 heteroatoms. The molecule has 0 aliphatic carbocycles. The van der Waals surface area contributed by atoms with E-state index in [1.165, 1.54) is 11.1 Å². The third-order valence-electron chi connectivity index (χ3n) is 6.00. The number of carbonyl (C=O) groups is 2. The third kappa shape index (κ3) is 3.76. The van der Waals surface area contributed by atoms with Gasteiger partial charge in [0, 0.05) is 29.2 Å². The van der Waals surface area contributed by atoms with E-state index in [0.29, 0.717) is 24.2 Å². The predicted molar refractivity (Wildman–Crippen MR) is 127 cm³/mol. The SMILES string of the molecule is COc1ccc(-c2ccc3[nH]c4c(c3c2)CCN(C(=O)c2ccccc2)C=C4C(=O)O)cc1. The fraction of sp³-hybridized carbons (Fsp3) is 0.111. The number of amides is 1. The minimum atomic E-state index is -1.08. The zero-order valence-corrected chi connectivity index (χ0v) is 18.0. The lowest BCUT2D eigenvalue weighted by molar-refractivity contribution is -0.130. The zero-order valence-electron chi connectivity index (χ0n) is 18.0. The zero-order chi connectivity index (χ0) is 22.9. The minimum absolute atomic E-state index is 0.0778. The van der Waals surface area contributed by atoms with Crippen molar-refractivity contribution in [2.75, 3.05) is 13.7 Å². The summed E-state index contributed by atoms with van der Waals surface area (Å²) in [7, 11) is 1.63. The Balaban J connectivity index is 1.56. The molecule has 2 N–H and O–H groups in total. The molecular weight excluding hydrogens is 416 g/mol. The molecule has 0 fully saturated rings. The Morgan fingerprint density at radius 2 is 1.70 bits per heavy atom. The fourth-order valence-electron chi connectivity index (χ4n) is 4.29. The van der Waals surface area contributed by atoms with Crippen molar-refractivity contribution in [2.45, 2.75) is 6.42 Å². The van der Waals surface area contributed by atoms with Crippen molar-refractivity contribution in [3.63, 3.8) is 0 Å². The highest BCUT2D eigenvalue weighted by Gasteiger charge is 2.26. The summed E-state index contributed by atoms with van der Waals surface area (Å²) in [5.74, 6) is -0.511. The minimum Gasteiger partial charge on any atom is -0.497 e. The molecule has 1 aliphatic rings. The van der Waals surface area contributed by atoms with Gasteiger partial charge in [-0.25, -0.2) is 4.79 Å². The molecule has 1 aliphatic heterocycles. The maximum absolute atomic E-state index is 13.0. The van der Waals surface area contributed by atoms with E-state index in [2.05, 4.69) is 11.1 Å². The third-order valence-corrected chi connectivity index (χ3v) is 6.00. The lowest BCUT2D eigenvalue weighted by Crippen LogP contribution is -2.27. The van der Waals surface area contributed by atoms with E-state index in [1.807, 2.05) is 42.5 Å². The first kappa shape index (κ1) is 20.6. The molecule has 33 heavy (non-hydrogen) atoms. The van der Waals surface area contributed by atoms with Crippen LogP contribution in [0, 0.1) is 0 Å². The van der Waals surface area contributed by atoms with Gasteiger partial charge in [0.2, 0.25) is 0 Å². The van der Waals surface area contributed by atoms with E-state index in [9.17, 15) is 14.7 Å². The number of nitrogens with zero attached hydrogens (tertiary/aromatic N) is 1. The van der Waals surface area contributed by atoms with Gasteiger partial charge in [-0.2, -0.15) is 0 Å². The molecule has 3 aromatic carbocycles. The molecule has 0 saturated heterocycles. The van der Waals surface area contributed by atoms with Gasteiger partial charge in [0.1, 0.15) is 5.75 Å². The normalized spacial score (nSPS) is 13.2. The highest BCUT2D eigenvalue weighted by atomic mass is 16.5. The number of ether oxygens (including phenoxy) is 1. The van der Waals surface area contributed by atoms with Gasteiger partial charge in [-0.05, 0) is 59.5 Å². The molecule has 2 heterocycles. The van der Waals surface area contributed by atoms with Crippen LogP contribution in [-0.4, -0.2) is 40.5 Å². The average Bonchev–Trinajstić information content (AvgIpc) is 3.10. The smallest absolute Gasteiger partial charge is 0.339 e. The van der Waals surface area contributed by atoms with Crippen LogP contribution in [0.3, 0.4) is 0 Å². The van der Waals surface area contributed by atoms with Crippen molar-refractivity contribution >= 4 is 28.4 Å². The van der Waals surface area contributed by atoms with E-state index in [-0.39, 0.29) is 11.5 Å². The number of aromatic amines is 1. The van der Waals surface area contributed by atoms with Gasteiger partial charge in [-0.15, -0.1) is 0 Å². The Kier molecular flexibility index (Phi) is 5.18. The van der Waals surface area contributed by atoms with Crippen LogP contribution in [0.4, 0.5) is 0 Å². The molecular formula is C27H22N2O4. The van der Waals surface area contributed by atoms with E-state index < -0.39 is 5.97 Å². The Bertz CT molecular complexity index is 1390. The fourth-order valence-corrected chi connectivity index (χ4v) is 4.29. The second kappa shape index (κ2) is 8.31. The summed E-state index contributed by atoms with van der Waals surface area (Å²) in [5, 5.41) is 10.9. The van der Waals surface area contributed by atoms with Crippen LogP contribution in [0.5, 0.6) is 5.75 Å². The van der Waals surface area contributed by atoms with Gasteiger partial charge < -0.3 is 19.7 Å². The van der Waals surface area contributed by atoms with Crippen LogP contribution >= 0.6 is 0 Å². The van der Waals surface area contributed by atoms with Crippen molar-refractivity contribution in [1.82, 2.24) is 9.88 Å². The van der Waals surface area contributed by atoms with Crippen molar-refractivity contribution in [3.8, 4) is 16.9 Å². The Labute approximate surface area is 190 Å². The molecule has 0 saturated carbocycles. The van der Waals surface area contributed by atoms with Crippen LogP contribution in [-0.2, 0) is 11.2 Å². The molecule has 0 spiro atoms. The van der Waals surface area contributed by atoms with Crippen LogP contribution < -0.4 is 4.74 Å². The Morgan fingerprint density at radius 1 is 0.970 bits per heavy atom.